The van der Waals surface area contributed by atoms with Gasteiger partial charge >= 0.3 is 0 Å². The summed E-state index contributed by atoms with van der Waals surface area (Å²) in [5.41, 5.74) is 1.58. The van der Waals surface area contributed by atoms with Gasteiger partial charge in [0.05, 0.1) is 5.41 Å². The van der Waals surface area contributed by atoms with Gasteiger partial charge in [-0.3, -0.25) is 4.79 Å². The number of hydrogen-bond acceptors (Lipinski definition) is 2. The second-order valence-electron chi connectivity index (χ2n) is 6.06. The van der Waals surface area contributed by atoms with Crippen molar-refractivity contribution in [2.45, 2.75) is 17.8 Å². The Morgan fingerprint density at radius 2 is 2.05 bits per heavy atom. The average Bonchev–Trinajstić information content (AvgIpc) is 3.03. The zero-order valence-electron chi connectivity index (χ0n) is 11.6. The third-order valence-corrected chi connectivity index (χ3v) is 6.33. The molecule has 2 heterocycles. The number of halogens is 1. The van der Waals surface area contributed by atoms with Crippen LogP contribution in [0.25, 0.3) is 10.1 Å². The van der Waals surface area contributed by atoms with Gasteiger partial charge in [0.1, 0.15) is 0 Å². The van der Waals surface area contributed by atoms with Crippen LogP contribution in [0.15, 0.2) is 48.5 Å². The van der Waals surface area contributed by atoms with Gasteiger partial charge in [0.2, 0.25) is 5.91 Å². The molecule has 2 aliphatic rings. The monoisotopic (exact) mass is 325 g/mol. The molecule has 2 nitrogen and oxygen atoms in total. The molecule has 108 valence electrons. The van der Waals surface area contributed by atoms with Crippen LogP contribution in [0.3, 0.4) is 0 Å². The third-order valence-electron chi connectivity index (χ3n) is 4.86. The molecule has 1 fully saturated rings. The minimum absolute atomic E-state index is 0.118. The fourth-order valence-electron chi connectivity index (χ4n) is 3.68. The predicted molar refractivity (Wildman–Crippen MR) is 90.9 cm³/mol. The van der Waals surface area contributed by atoms with E-state index in [2.05, 4.69) is 35.6 Å². The van der Waals surface area contributed by atoms with Gasteiger partial charge in [-0.1, -0.05) is 29.8 Å². The Labute approximate surface area is 136 Å². The maximum atomic E-state index is 12.6. The van der Waals surface area contributed by atoms with E-state index in [4.69, 9.17) is 11.6 Å². The fourth-order valence-corrected chi connectivity index (χ4v) is 5.11. The van der Waals surface area contributed by atoms with Crippen molar-refractivity contribution in [3.63, 3.8) is 0 Å². The van der Waals surface area contributed by atoms with Crippen molar-refractivity contribution in [1.29, 1.82) is 0 Å². The number of rotatable bonds is 1. The van der Waals surface area contributed by atoms with Gasteiger partial charge in [-0.2, -0.15) is 0 Å². The molecule has 22 heavy (non-hydrogen) atoms. The first-order chi connectivity index (χ1) is 10.7. The summed E-state index contributed by atoms with van der Waals surface area (Å²) in [4.78, 5) is 13.9. The minimum atomic E-state index is -0.402. The number of benzene rings is 2. The highest BCUT2D eigenvalue weighted by Gasteiger charge is 2.65. The summed E-state index contributed by atoms with van der Waals surface area (Å²) < 4.78 is 1.28. The highest BCUT2D eigenvalue weighted by atomic mass is 35.5. The Morgan fingerprint density at radius 1 is 1.18 bits per heavy atom. The molecule has 1 spiro atoms. The highest BCUT2D eigenvalue weighted by Crippen LogP contribution is 2.66. The number of thiophene rings is 1. The molecule has 0 saturated heterocycles. The van der Waals surface area contributed by atoms with Crippen molar-refractivity contribution < 1.29 is 4.79 Å². The van der Waals surface area contributed by atoms with Gasteiger partial charge in [-0.05, 0) is 47.7 Å². The summed E-state index contributed by atoms with van der Waals surface area (Å²) in [6, 6.07) is 16.3. The molecule has 2 atom stereocenters. The lowest BCUT2D eigenvalue weighted by Gasteiger charge is -2.07. The van der Waals surface area contributed by atoms with Crippen LogP contribution in [-0.4, -0.2) is 5.91 Å². The summed E-state index contributed by atoms with van der Waals surface area (Å²) >= 11 is 7.94. The number of carbonyl (C=O) groups excluding carboxylic acids is 1. The Hall–Kier alpha value is -1.84. The molecular weight excluding hydrogens is 314 g/mol. The van der Waals surface area contributed by atoms with Crippen molar-refractivity contribution in [2.24, 2.45) is 0 Å². The van der Waals surface area contributed by atoms with Crippen molar-refractivity contribution >= 4 is 44.6 Å². The van der Waals surface area contributed by atoms with E-state index in [1.165, 1.54) is 15.0 Å². The Morgan fingerprint density at radius 3 is 2.91 bits per heavy atom. The predicted octanol–water partition coefficient (Wildman–Crippen LogP) is 4.93. The standard InChI is InChI=1S/C18H12ClNOS/c19-11-5-6-14-12(8-11)18(17(21)20-14)9-13(18)16-7-10-3-1-2-4-15(10)22-16/h1-8,13H,9H2,(H,20,21)/t13-,18-/m1/s1. The summed E-state index contributed by atoms with van der Waals surface area (Å²) in [7, 11) is 0. The Bertz CT molecular complexity index is 914. The minimum Gasteiger partial charge on any atom is -0.325 e. The van der Waals surface area contributed by atoms with Gasteiger partial charge in [0.15, 0.2) is 0 Å². The molecule has 1 saturated carbocycles. The SMILES string of the molecule is O=C1Nc2ccc(Cl)cc2[C@@]12C[C@@H]2c1cc2ccccc2s1. The van der Waals surface area contributed by atoms with Gasteiger partial charge in [0, 0.05) is 26.2 Å². The lowest BCUT2D eigenvalue weighted by Crippen LogP contribution is -2.20. The zero-order chi connectivity index (χ0) is 14.9. The molecule has 1 amide bonds. The van der Waals surface area contributed by atoms with Gasteiger partial charge in [0.25, 0.3) is 0 Å². The van der Waals surface area contributed by atoms with Gasteiger partial charge < -0.3 is 5.32 Å². The van der Waals surface area contributed by atoms with Crippen LogP contribution in [0.2, 0.25) is 5.02 Å². The van der Waals surface area contributed by atoms with E-state index in [0.29, 0.717) is 5.02 Å². The van der Waals surface area contributed by atoms with Crippen LogP contribution in [0.5, 0.6) is 0 Å². The van der Waals surface area contributed by atoms with E-state index in [-0.39, 0.29) is 11.8 Å². The van der Waals surface area contributed by atoms with Crippen LogP contribution < -0.4 is 5.32 Å². The maximum absolute atomic E-state index is 12.6. The molecule has 2 aromatic carbocycles. The lowest BCUT2D eigenvalue weighted by atomic mass is 9.94. The number of amides is 1. The molecule has 0 bridgehead atoms. The normalized spacial score (nSPS) is 25.5. The smallest absolute Gasteiger partial charge is 0.235 e. The maximum Gasteiger partial charge on any atom is 0.235 e. The first-order valence-corrected chi connectivity index (χ1v) is 8.48. The van der Waals surface area contributed by atoms with E-state index in [1.54, 1.807) is 11.3 Å². The Kier molecular flexibility index (Phi) is 2.37. The van der Waals surface area contributed by atoms with Crippen LogP contribution >= 0.6 is 22.9 Å². The van der Waals surface area contributed by atoms with Crippen LogP contribution in [-0.2, 0) is 10.2 Å². The number of anilines is 1. The van der Waals surface area contributed by atoms with Crippen LogP contribution in [0.4, 0.5) is 5.69 Å². The molecule has 1 aliphatic heterocycles. The van der Waals surface area contributed by atoms with Gasteiger partial charge in [-0.15, -0.1) is 11.3 Å². The molecular formula is C18H12ClNOS. The second kappa shape index (κ2) is 4.12. The van der Waals surface area contributed by atoms with E-state index in [9.17, 15) is 4.79 Å². The summed E-state index contributed by atoms with van der Waals surface area (Å²) in [5, 5.41) is 4.97. The topological polar surface area (TPSA) is 29.1 Å². The zero-order valence-corrected chi connectivity index (χ0v) is 13.2. The van der Waals surface area contributed by atoms with E-state index in [0.717, 1.165) is 17.7 Å². The molecule has 3 aromatic rings. The van der Waals surface area contributed by atoms with Crippen LogP contribution in [0, 0.1) is 0 Å². The highest BCUT2D eigenvalue weighted by molar-refractivity contribution is 7.19. The third kappa shape index (κ3) is 1.53. The molecule has 1 N–H and O–H groups in total. The number of nitrogens with one attached hydrogen (secondary N) is 1. The molecule has 1 aromatic heterocycles. The second-order valence-corrected chi connectivity index (χ2v) is 7.61. The lowest BCUT2D eigenvalue weighted by molar-refractivity contribution is -0.118. The summed E-state index contributed by atoms with van der Waals surface area (Å²) in [6.45, 7) is 0. The average molecular weight is 326 g/mol. The molecule has 5 rings (SSSR count). The van der Waals surface area contributed by atoms with Crippen molar-refractivity contribution in [2.75, 3.05) is 5.32 Å². The molecule has 0 unspecified atom stereocenters. The summed E-state index contributed by atoms with van der Waals surface area (Å²) in [5.74, 6) is 0.386. The first-order valence-electron chi connectivity index (χ1n) is 7.28. The van der Waals surface area contributed by atoms with Crippen LogP contribution in [0.1, 0.15) is 22.8 Å². The molecule has 4 heteroatoms. The molecule has 0 radical (unpaired) electrons. The van der Waals surface area contributed by atoms with Crippen molar-refractivity contribution in [3.8, 4) is 0 Å². The molecule has 1 aliphatic carbocycles. The Balaban J connectivity index is 1.63. The quantitative estimate of drug-likeness (QED) is 0.675. The van der Waals surface area contributed by atoms with Crippen molar-refractivity contribution in [3.05, 3.63) is 64.0 Å². The fraction of sp³-hybridized carbons (Fsp3) is 0.167. The van der Waals surface area contributed by atoms with E-state index < -0.39 is 5.41 Å². The largest absolute Gasteiger partial charge is 0.325 e. The first kappa shape index (κ1) is 12.7. The number of fused-ring (bicyclic) bond motifs is 3. The van der Waals surface area contributed by atoms with E-state index >= 15 is 0 Å². The van der Waals surface area contributed by atoms with Crippen molar-refractivity contribution in [1.82, 2.24) is 0 Å². The number of carbonyl (C=O) groups is 1. The summed E-state index contributed by atoms with van der Waals surface area (Å²) in [6.07, 6.45) is 0.874. The van der Waals surface area contributed by atoms with E-state index in [1.807, 2.05) is 18.2 Å². The van der Waals surface area contributed by atoms with Gasteiger partial charge in [-0.25, -0.2) is 0 Å². The number of hydrogen-bond donors (Lipinski definition) is 1.